The summed E-state index contributed by atoms with van der Waals surface area (Å²) in [5, 5.41) is 0. The van der Waals surface area contributed by atoms with Crippen molar-refractivity contribution >= 4 is 6.09 Å². The Hall–Kier alpha value is -0.810. The molecular weight excluding hydrogens is 282 g/mol. The van der Waals surface area contributed by atoms with Crippen molar-refractivity contribution in [2.24, 2.45) is 0 Å². The Morgan fingerprint density at radius 2 is 1.86 bits per heavy atom. The predicted octanol–water partition coefficient (Wildman–Crippen LogP) is 3.61. The van der Waals surface area contributed by atoms with E-state index in [-0.39, 0.29) is 17.3 Å². The van der Waals surface area contributed by atoms with Gasteiger partial charge in [0.15, 0.2) is 0 Å². The number of carbonyl (C=O) groups is 1. The molecule has 0 radical (unpaired) electrons. The van der Waals surface area contributed by atoms with Crippen LogP contribution in [0.2, 0.25) is 0 Å². The van der Waals surface area contributed by atoms with Crippen LogP contribution in [0.15, 0.2) is 0 Å². The molecule has 0 aromatic rings. The molecule has 0 aliphatic carbocycles. The van der Waals surface area contributed by atoms with Gasteiger partial charge in [0.05, 0.1) is 24.4 Å². The number of methoxy groups -OCH3 is 1. The van der Waals surface area contributed by atoms with Crippen LogP contribution in [0.3, 0.4) is 0 Å². The SMILES string of the molecule is CCC1(OCCC(C)(C)OC)CCN(C(=O)OC(C)(C)C)C1. The zero-order valence-electron chi connectivity index (χ0n) is 15.3. The normalized spacial score (nSPS) is 23.0. The maximum Gasteiger partial charge on any atom is 0.410 e. The highest BCUT2D eigenvalue weighted by atomic mass is 16.6. The molecule has 1 atom stereocenters. The van der Waals surface area contributed by atoms with Crippen LogP contribution in [-0.2, 0) is 14.2 Å². The van der Waals surface area contributed by atoms with Gasteiger partial charge in [-0.05, 0) is 53.9 Å². The van der Waals surface area contributed by atoms with Gasteiger partial charge in [0.2, 0.25) is 0 Å². The first-order valence-corrected chi connectivity index (χ1v) is 8.19. The van der Waals surface area contributed by atoms with Crippen molar-refractivity contribution in [1.29, 1.82) is 0 Å². The Balaban J connectivity index is 2.53. The van der Waals surface area contributed by atoms with E-state index in [9.17, 15) is 4.79 Å². The Bertz CT molecular complexity index is 375. The molecule has 0 aromatic carbocycles. The Morgan fingerprint density at radius 3 is 2.36 bits per heavy atom. The van der Waals surface area contributed by atoms with Crippen molar-refractivity contribution in [3.8, 4) is 0 Å². The highest BCUT2D eigenvalue weighted by molar-refractivity contribution is 5.68. The Labute approximate surface area is 135 Å². The van der Waals surface area contributed by atoms with Crippen LogP contribution in [0.25, 0.3) is 0 Å². The summed E-state index contributed by atoms with van der Waals surface area (Å²) >= 11 is 0. The van der Waals surface area contributed by atoms with E-state index in [2.05, 4.69) is 20.8 Å². The van der Waals surface area contributed by atoms with E-state index in [0.29, 0.717) is 19.7 Å². The molecular formula is C17H33NO4. The quantitative estimate of drug-likeness (QED) is 0.751. The van der Waals surface area contributed by atoms with Gasteiger partial charge in [-0.15, -0.1) is 0 Å². The first-order valence-electron chi connectivity index (χ1n) is 8.19. The molecule has 0 bridgehead atoms. The number of amides is 1. The monoisotopic (exact) mass is 315 g/mol. The summed E-state index contributed by atoms with van der Waals surface area (Å²) in [7, 11) is 1.72. The molecule has 1 amide bonds. The molecule has 0 N–H and O–H groups in total. The highest BCUT2D eigenvalue weighted by Crippen LogP contribution is 2.30. The first-order chi connectivity index (χ1) is 10.0. The summed E-state index contributed by atoms with van der Waals surface area (Å²) in [6.07, 6.45) is 2.33. The lowest BCUT2D eigenvalue weighted by Crippen LogP contribution is -2.41. The van der Waals surface area contributed by atoms with Crippen molar-refractivity contribution < 1.29 is 19.0 Å². The van der Waals surface area contributed by atoms with Gasteiger partial charge in [-0.1, -0.05) is 6.92 Å². The van der Waals surface area contributed by atoms with Gasteiger partial charge in [0.25, 0.3) is 0 Å². The highest BCUT2D eigenvalue weighted by Gasteiger charge is 2.41. The van der Waals surface area contributed by atoms with Gasteiger partial charge >= 0.3 is 6.09 Å². The van der Waals surface area contributed by atoms with Gasteiger partial charge < -0.3 is 19.1 Å². The average Bonchev–Trinajstić information content (AvgIpc) is 2.82. The minimum Gasteiger partial charge on any atom is -0.444 e. The van der Waals surface area contributed by atoms with Crippen LogP contribution in [-0.4, -0.2) is 54.6 Å². The van der Waals surface area contributed by atoms with E-state index >= 15 is 0 Å². The van der Waals surface area contributed by atoms with Crippen LogP contribution < -0.4 is 0 Å². The molecule has 1 saturated heterocycles. The second-order valence-corrected chi connectivity index (χ2v) is 7.75. The number of carbonyl (C=O) groups excluding carboxylic acids is 1. The summed E-state index contributed by atoms with van der Waals surface area (Å²) in [6, 6.07) is 0. The number of ether oxygens (including phenoxy) is 3. The fourth-order valence-electron chi connectivity index (χ4n) is 2.45. The molecule has 22 heavy (non-hydrogen) atoms. The zero-order chi connectivity index (χ0) is 17.0. The summed E-state index contributed by atoms with van der Waals surface area (Å²) in [6.45, 7) is 13.8. The number of nitrogens with zero attached hydrogens (tertiary/aromatic N) is 1. The second-order valence-electron chi connectivity index (χ2n) is 7.75. The van der Waals surface area contributed by atoms with Crippen LogP contribution in [0.4, 0.5) is 4.79 Å². The van der Waals surface area contributed by atoms with Crippen LogP contribution >= 0.6 is 0 Å². The fraction of sp³-hybridized carbons (Fsp3) is 0.941. The smallest absolute Gasteiger partial charge is 0.410 e. The van der Waals surface area contributed by atoms with Gasteiger partial charge in [0.1, 0.15) is 5.60 Å². The number of rotatable bonds is 6. The molecule has 1 rings (SSSR count). The largest absolute Gasteiger partial charge is 0.444 e. The molecule has 130 valence electrons. The molecule has 1 aliphatic heterocycles. The zero-order valence-corrected chi connectivity index (χ0v) is 15.3. The van der Waals surface area contributed by atoms with Crippen LogP contribution in [0.1, 0.15) is 60.8 Å². The molecule has 1 unspecified atom stereocenters. The van der Waals surface area contributed by atoms with E-state index in [4.69, 9.17) is 14.2 Å². The van der Waals surface area contributed by atoms with E-state index in [0.717, 1.165) is 19.3 Å². The number of likely N-dealkylation sites (tertiary alicyclic amines) is 1. The summed E-state index contributed by atoms with van der Waals surface area (Å²) in [5.74, 6) is 0. The van der Waals surface area contributed by atoms with Crippen molar-refractivity contribution in [2.45, 2.75) is 77.6 Å². The molecule has 5 heteroatoms. The molecule has 0 aromatic heterocycles. The van der Waals surface area contributed by atoms with E-state index < -0.39 is 5.60 Å². The van der Waals surface area contributed by atoms with Crippen LogP contribution in [0, 0.1) is 0 Å². The average molecular weight is 315 g/mol. The maximum atomic E-state index is 12.2. The van der Waals surface area contributed by atoms with Crippen molar-refractivity contribution in [1.82, 2.24) is 4.90 Å². The number of hydrogen-bond donors (Lipinski definition) is 0. The minimum absolute atomic E-state index is 0.182. The first kappa shape index (κ1) is 19.2. The van der Waals surface area contributed by atoms with Crippen molar-refractivity contribution in [3.63, 3.8) is 0 Å². The molecule has 0 saturated carbocycles. The van der Waals surface area contributed by atoms with Crippen molar-refractivity contribution in [3.05, 3.63) is 0 Å². The van der Waals surface area contributed by atoms with Gasteiger partial charge in [0, 0.05) is 13.7 Å². The van der Waals surface area contributed by atoms with Gasteiger partial charge in [-0.25, -0.2) is 4.79 Å². The predicted molar refractivity (Wildman–Crippen MR) is 87.1 cm³/mol. The third-order valence-electron chi connectivity index (χ3n) is 4.28. The third-order valence-corrected chi connectivity index (χ3v) is 4.28. The van der Waals surface area contributed by atoms with Gasteiger partial charge in [-0.3, -0.25) is 0 Å². The fourth-order valence-corrected chi connectivity index (χ4v) is 2.45. The summed E-state index contributed by atoms with van der Waals surface area (Å²) < 4.78 is 17.0. The lowest BCUT2D eigenvalue weighted by molar-refractivity contribution is -0.0719. The van der Waals surface area contributed by atoms with Crippen molar-refractivity contribution in [2.75, 3.05) is 26.8 Å². The van der Waals surface area contributed by atoms with Gasteiger partial charge in [-0.2, -0.15) is 0 Å². The summed E-state index contributed by atoms with van der Waals surface area (Å²) in [4.78, 5) is 13.9. The lowest BCUT2D eigenvalue weighted by Gasteiger charge is -2.31. The second kappa shape index (κ2) is 7.18. The molecule has 1 fully saturated rings. The molecule has 5 nitrogen and oxygen atoms in total. The minimum atomic E-state index is -0.460. The Morgan fingerprint density at radius 1 is 1.23 bits per heavy atom. The third kappa shape index (κ3) is 5.76. The van der Waals surface area contributed by atoms with E-state index in [1.807, 2.05) is 20.8 Å². The standard InChI is InChI=1S/C17H33NO4/c1-8-17(21-12-10-16(5,6)20-7)9-11-18(13-17)14(19)22-15(2,3)4/h8-13H2,1-7H3. The van der Waals surface area contributed by atoms with E-state index in [1.54, 1.807) is 12.0 Å². The molecule has 1 aliphatic rings. The number of hydrogen-bond acceptors (Lipinski definition) is 4. The summed E-state index contributed by atoms with van der Waals surface area (Å²) in [5.41, 5.74) is -0.892. The van der Waals surface area contributed by atoms with Crippen LogP contribution in [0.5, 0.6) is 0 Å². The maximum absolute atomic E-state index is 12.2. The lowest BCUT2D eigenvalue weighted by atomic mass is 9.99. The topological polar surface area (TPSA) is 48.0 Å². The molecule has 0 spiro atoms. The van der Waals surface area contributed by atoms with E-state index in [1.165, 1.54) is 0 Å². The Kier molecular flexibility index (Phi) is 6.27. The molecule has 1 heterocycles.